The molecule has 0 aromatic carbocycles. The molecule has 1 aromatic heterocycles. The number of hydrogen-bond acceptors (Lipinski definition) is 5. The van der Waals surface area contributed by atoms with Crippen LogP contribution in [-0.4, -0.2) is 22.5 Å². The van der Waals surface area contributed by atoms with Gasteiger partial charge in [0.05, 0.1) is 5.69 Å². The lowest BCUT2D eigenvalue weighted by Gasteiger charge is -2.30. The van der Waals surface area contributed by atoms with Gasteiger partial charge in [0.15, 0.2) is 6.20 Å². The number of rotatable bonds is 5. The summed E-state index contributed by atoms with van der Waals surface area (Å²) in [6, 6.07) is 3.33. The van der Waals surface area contributed by atoms with Gasteiger partial charge in [-0.3, -0.25) is 0 Å². The molecule has 1 aliphatic carbocycles. The second kappa shape index (κ2) is 6.47. The van der Waals surface area contributed by atoms with E-state index in [-0.39, 0.29) is 11.9 Å². The smallest absolute Gasteiger partial charge is 0.363 e. The van der Waals surface area contributed by atoms with Crippen molar-refractivity contribution in [2.45, 2.75) is 38.1 Å². The summed E-state index contributed by atoms with van der Waals surface area (Å²) in [5, 5.41) is 13.9. The summed E-state index contributed by atoms with van der Waals surface area (Å²) in [6.07, 6.45) is 7.75. The van der Waals surface area contributed by atoms with Crippen LogP contribution in [0, 0.1) is 16.0 Å². The van der Waals surface area contributed by atoms with E-state index in [0.29, 0.717) is 12.5 Å². The molecular weight excluding hydrogens is 244 g/mol. The highest BCUT2D eigenvalue weighted by molar-refractivity contribution is 5.44. The van der Waals surface area contributed by atoms with Crippen LogP contribution in [0.15, 0.2) is 18.3 Å². The van der Waals surface area contributed by atoms with Crippen molar-refractivity contribution in [3.8, 4) is 0 Å². The molecule has 0 amide bonds. The van der Waals surface area contributed by atoms with Crippen molar-refractivity contribution >= 4 is 11.5 Å². The molecular formula is C13H20N4O2. The van der Waals surface area contributed by atoms with Crippen LogP contribution in [0.4, 0.5) is 11.5 Å². The second-order valence-electron chi connectivity index (χ2n) is 5.05. The van der Waals surface area contributed by atoms with Gasteiger partial charge in [-0.2, -0.15) is 0 Å². The molecule has 1 fully saturated rings. The molecule has 104 valence electrons. The molecule has 0 spiro atoms. The molecule has 0 saturated heterocycles. The highest BCUT2D eigenvalue weighted by Gasteiger charge is 2.22. The minimum absolute atomic E-state index is 0.132. The molecule has 1 aromatic rings. The first-order valence-electron chi connectivity index (χ1n) is 6.77. The largest absolute Gasteiger partial charge is 0.378 e. The lowest BCUT2D eigenvalue weighted by molar-refractivity contribution is -0.389. The molecule has 3 N–H and O–H groups in total. The highest BCUT2D eigenvalue weighted by atomic mass is 16.6. The maximum absolute atomic E-state index is 10.5. The summed E-state index contributed by atoms with van der Waals surface area (Å²) in [5.41, 5.74) is 6.64. The zero-order valence-corrected chi connectivity index (χ0v) is 10.9. The van der Waals surface area contributed by atoms with Crippen molar-refractivity contribution in [1.82, 2.24) is 4.98 Å². The van der Waals surface area contributed by atoms with E-state index in [0.717, 1.165) is 5.69 Å². The number of anilines is 1. The Morgan fingerprint density at radius 1 is 1.42 bits per heavy atom. The summed E-state index contributed by atoms with van der Waals surface area (Å²) < 4.78 is 0. The Morgan fingerprint density at radius 2 is 2.16 bits per heavy atom. The maximum atomic E-state index is 10.5. The first-order valence-corrected chi connectivity index (χ1v) is 6.77. The number of nitrogens with two attached hydrogens (primary N) is 1. The topological polar surface area (TPSA) is 94.1 Å². The molecule has 6 heteroatoms. The van der Waals surface area contributed by atoms with Crippen LogP contribution < -0.4 is 11.1 Å². The molecule has 0 radical (unpaired) electrons. The monoisotopic (exact) mass is 264 g/mol. The van der Waals surface area contributed by atoms with Crippen LogP contribution >= 0.6 is 0 Å². The summed E-state index contributed by atoms with van der Waals surface area (Å²) in [4.78, 5) is 13.9. The lowest BCUT2D eigenvalue weighted by atomic mass is 9.84. The van der Waals surface area contributed by atoms with Crippen molar-refractivity contribution in [3.63, 3.8) is 0 Å². The molecule has 1 atom stereocenters. The number of aromatic nitrogens is 1. The average molecular weight is 264 g/mol. The van der Waals surface area contributed by atoms with Gasteiger partial charge in [-0.15, -0.1) is 0 Å². The van der Waals surface area contributed by atoms with Gasteiger partial charge in [-0.05, 0) is 34.7 Å². The number of nitro groups is 1. The molecule has 0 bridgehead atoms. The number of pyridine rings is 1. The van der Waals surface area contributed by atoms with Gasteiger partial charge in [-0.25, -0.2) is 0 Å². The standard InChI is InChI=1S/C13H20N4O2/c14-8-12(10-4-2-1-3-5-10)16-11-6-7-13(15-9-11)17(18)19/h6-7,9-10,12,16H,1-5,8,14H2. The van der Waals surface area contributed by atoms with Gasteiger partial charge in [0, 0.05) is 18.7 Å². The quantitative estimate of drug-likeness (QED) is 0.628. The highest BCUT2D eigenvalue weighted by Crippen LogP contribution is 2.28. The van der Waals surface area contributed by atoms with E-state index in [1.807, 2.05) is 0 Å². The van der Waals surface area contributed by atoms with Gasteiger partial charge in [-0.1, -0.05) is 19.3 Å². The SMILES string of the molecule is NCC(Nc1ccc([N+](=O)[O-])nc1)C1CCCCC1. The Kier molecular flexibility index (Phi) is 4.68. The van der Waals surface area contributed by atoms with Crippen molar-refractivity contribution < 1.29 is 4.92 Å². The van der Waals surface area contributed by atoms with E-state index in [9.17, 15) is 10.1 Å². The first-order chi connectivity index (χ1) is 9.20. The number of nitrogens with zero attached hydrogens (tertiary/aromatic N) is 2. The molecule has 1 aliphatic rings. The fraction of sp³-hybridized carbons (Fsp3) is 0.615. The fourth-order valence-corrected chi connectivity index (χ4v) is 2.70. The zero-order valence-electron chi connectivity index (χ0n) is 10.9. The molecule has 6 nitrogen and oxygen atoms in total. The molecule has 1 saturated carbocycles. The Morgan fingerprint density at radius 3 is 2.68 bits per heavy atom. The summed E-state index contributed by atoms with van der Waals surface area (Å²) in [6.45, 7) is 0.571. The van der Waals surface area contributed by atoms with E-state index in [2.05, 4.69) is 10.3 Å². The summed E-state index contributed by atoms with van der Waals surface area (Å²) in [5.74, 6) is 0.460. The van der Waals surface area contributed by atoms with Gasteiger partial charge in [0.2, 0.25) is 0 Å². The number of hydrogen-bond donors (Lipinski definition) is 2. The molecule has 1 unspecified atom stereocenters. The van der Waals surface area contributed by atoms with Crippen LogP contribution in [0.3, 0.4) is 0 Å². The first kappa shape index (κ1) is 13.7. The Hall–Kier alpha value is -1.69. The minimum atomic E-state index is -0.495. The van der Waals surface area contributed by atoms with Crippen molar-refractivity contribution in [2.75, 3.05) is 11.9 Å². The minimum Gasteiger partial charge on any atom is -0.378 e. The lowest BCUT2D eigenvalue weighted by Crippen LogP contribution is -2.37. The van der Waals surface area contributed by atoms with Crippen molar-refractivity contribution in [2.24, 2.45) is 11.7 Å². The Labute approximate surface area is 112 Å². The van der Waals surface area contributed by atoms with Crippen LogP contribution in [0.2, 0.25) is 0 Å². The maximum Gasteiger partial charge on any atom is 0.363 e. The third-order valence-electron chi connectivity index (χ3n) is 3.76. The predicted octanol–water partition coefficient (Wildman–Crippen LogP) is 2.31. The third-order valence-corrected chi connectivity index (χ3v) is 3.76. The van der Waals surface area contributed by atoms with Gasteiger partial charge in [0.1, 0.15) is 0 Å². The van der Waals surface area contributed by atoms with E-state index >= 15 is 0 Å². The average Bonchev–Trinajstić information content (AvgIpc) is 2.46. The molecule has 19 heavy (non-hydrogen) atoms. The number of nitrogens with one attached hydrogen (secondary N) is 1. The van der Waals surface area contributed by atoms with Crippen LogP contribution in [0.25, 0.3) is 0 Å². The molecule has 1 heterocycles. The van der Waals surface area contributed by atoms with E-state index < -0.39 is 4.92 Å². The summed E-state index contributed by atoms with van der Waals surface area (Å²) in [7, 11) is 0. The second-order valence-corrected chi connectivity index (χ2v) is 5.05. The normalized spacial score (nSPS) is 17.9. The van der Waals surface area contributed by atoms with Gasteiger partial charge in [0.25, 0.3) is 0 Å². The zero-order chi connectivity index (χ0) is 13.7. The van der Waals surface area contributed by atoms with Gasteiger partial charge < -0.3 is 21.2 Å². The Balaban J connectivity index is 1.99. The van der Waals surface area contributed by atoms with Crippen molar-refractivity contribution in [3.05, 3.63) is 28.4 Å². The van der Waals surface area contributed by atoms with Crippen LogP contribution in [0.1, 0.15) is 32.1 Å². The van der Waals surface area contributed by atoms with E-state index in [1.54, 1.807) is 6.07 Å². The van der Waals surface area contributed by atoms with Crippen molar-refractivity contribution in [1.29, 1.82) is 0 Å². The fourth-order valence-electron chi connectivity index (χ4n) is 2.70. The predicted molar refractivity (Wildman–Crippen MR) is 73.9 cm³/mol. The van der Waals surface area contributed by atoms with E-state index in [1.165, 1.54) is 44.4 Å². The molecule has 2 rings (SSSR count). The summed E-state index contributed by atoms with van der Waals surface area (Å²) >= 11 is 0. The van der Waals surface area contributed by atoms with Crippen LogP contribution in [0.5, 0.6) is 0 Å². The molecule has 0 aliphatic heterocycles. The van der Waals surface area contributed by atoms with Crippen LogP contribution in [-0.2, 0) is 0 Å². The van der Waals surface area contributed by atoms with E-state index in [4.69, 9.17) is 5.73 Å². The Bertz CT molecular complexity index is 415. The van der Waals surface area contributed by atoms with Gasteiger partial charge >= 0.3 is 5.82 Å². The third kappa shape index (κ3) is 3.64.